The number of carbonyl (C=O) groups is 3. The molecule has 0 aliphatic carbocycles. The maximum absolute atomic E-state index is 14.7. The number of piperidine rings is 1. The van der Waals surface area contributed by atoms with Crippen molar-refractivity contribution < 1.29 is 19.1 Å². The quantitative estimate of drug-likeness (QED) is 0.420. The molecule has 1 fully saturated rings. The second-order valence-electron chi connectivity index (χ2n) is 9.49. The first-order valence-corrected chi connectivity index (χ1v) is 12.9. The van der Waals surface area contributed by atoms with E-state index in [1.54, 1.807) is 43.3 Å². The Balaban J connectivity index is 1.88. The molecule has 3 atom stereocenters. The summed E-state index contributed by atoms with van der Waals surface area (Å²) in [4.78, 5) is 42.3. The van der Waals surface area contributed by atoms with Gasteiger partial charge in [0, 0.05) is 22.4 Å². The summed E-state index contributed by atoms with van der Waals surface area (Å²) in [5, 5.41) is 4.00. The summed E-state index contributed by atoms with van der Waals surface area (Å²) < 4.78 is 5.31. The molecule has 8 heteroatoms. The van der Waals surface area contributed by atoms with E-state index in [0.29, 0.717) is 21.3 Å². The fraction of sp³-hybridized carbons (Fsp3) is 0.276. The number of nitrogens with zero attached hydrogens (tertiary/aromatic N) is 1. The zero-order valence-electron chi connectivity index (χ0n) is 20.7. The first-order valence-electron chi connectivity index (χ1n) is 12.1. The number of nitrogens with one attached hydrogen (secondary N) is 1. The van der Waals surface area contributed by atoms with Crippen LogP contribution < -0.4 is 10.2 Å². The molecule has 190 valence electrons. The SMILES string of the molecule is CCOC(=O)N1C(=O)C2(c3ccc(Cl)cc31)C(c1c(C)cccc1C)NC(=O)C[C@H]2c1cccc(Cl)c1. The Kier molecular flexibility index (Phi) is 6.50. The van der Waals surface area contributed by atoms with E-state index in [9.17, 15) is 14.4 Å². The van der Waals surface area contributed by atoms with Crippen molar-refractivity contribution in [1.29, 1.82) is 0 Å². The highest BCUT2D eigenvalue weighted by molar-refractivity contribution is 6.32. The molecular formula is C29H26Cl2N2O4. The lowest BCUT2D eigenvalue weighted by molar-refractivity contribution is -0.132. The Hall–Kier alpha value is -3.35. The average molecular weight is 537 g/mol. The Bertz CT molecular complexity index is 1420. The zero-order chi connectivity index (χ0) is 26.5. The van der Waals surface area contributed by atoms with E-state index in [2.05, 4.69) is 5.32 Å². The largest absolute Gasteiger partial charge is 0.449 e. The second kappa shape index (κ2) is 9.51. The first-order chi connectivity index (χ1) is 17.7. The summed E-state index contributed by atoms with van der Waals surface area (Å²) in [6.45, 7) is 5.69. The number of carbonyl (C=O) groups excluding carboxylic acids is 3. The van der Waals surface area contributed by atoms with Crippen molar-refractivity contribution in [3.63, 3.8) is 0 Å². The van der Waals surface area contributed by atoms with E-state index in [0.717, 1.165) is 27.2 Å². The molecule has 2 aliphatic heterocycles. The number of hydrogen-bond acceptors (Lipinski definition) is 4. The van der Waals surface area contributed by atoms with Gasteiger partial charge in [-0.1, -0.05) is 59.6 Å². The molecule has 2 aliphatic rings. The van der Waals surface area contributed by atoms with Gasteiger partial charge >= 0.3 is 6.09 Å². The van der Waals surface area contributed by atoms with Gasteiger partial charge in [0.1, 0.15) is 5.41 Å². The molecule has 5 rings (SSSR count). The number of benzene rings is 3. The van der Waals surface area contributed by atoms with E-state index < -0.39 is 29.4 Å². The van der Waals surface area contributed by atoms with Crippen molar-refractivity contribution in [2.75, 3.05) is 11.5 Å². The monoisotopic (exact) mass is 536 g/mol. The number of fused-ring (bicyclic) bond motifs is 2. The van der Waals surface area contributed by atoms with Crippen LogP contribution in [0, 0.1) is 13.8 Å². The first kappa shape index (κ1) is 25.3. The molecule has 0 radical (unpaired) electrons. The van der Waals surface area contributed by atoms with E-state index >= 15 is 0 Å². The van der Waals surface area contributed by atoms with E-state index in [1.165, 1.54) is 0 Å². The van der Waals surface area contributed by atoms with Crippen LogP contribution in [0.2, 0.25) is 10.0 Å². The van der Waals surface area contributed by atoms with Crippen molar-refractivity contribution in [2.24, 2.45) is 0 Å². The van der Waals surface area contributed by atoms with Gasteiger partial charge in [-0.25, -0.2) is 9.69 Å². The molecule has 37 heavy (non-hydrogen) atoms. The fourth-order valence-corrected chi connectivity index (χ4v) is 6.37. The highest BCUT2D eigenvalue weighted by Gasteiger charge is 2.65. The summed E-state index contributed by atoms with van der Waals surface area (Å²) in [6, 6.07) is 17.4. The molecular weight excluding hydrogens is 511 g/mol. The lowest BCUT2D eigenvalue weighted by atomic mass is 9.58. The van der Waals surface area contributed by atoms with Gasteiger partial charge in [0.05, 0.1) is 18.3 Å². The van der Waals surface area contributed by atoms with Crippen LogP contribution in [0.25, 0.3) is 0 Å². The number of amides is 3. The molecule has 1 N–H and O–H groups in total. The summed E-state index contributed by atoms with van der Waals surface area (Å²) in [6.07, 6.45) is -0.749. The molecule has 3 aromatic rings. The van der Waals surface area contributed by atoms with Gasteiger partial charge in [0.15, 0.2) is 0 Å². The molecule has 3 amide bonds. The molecule has 2 unspecified atom stereocenters. The highest BCUT2D eigenvalue weighted by atomic mass is 35.5. The highest BCUT2D eigenvalue weighted by Crippen LogP contribution is 2.60. The molecule has 6 nitrogen and oxygen atoms in total. The number of imide groups is 1. The van der Waals surface area contributed by atoms with Gasteiger partial charge in [-0.05, 0) is 72.9 Å². The second-order valence-corrected chi connectivity index (χ2v) is 10.4. The fourth-order valence-electron chi connectivity index (χ4n) is 6.00. The van der Waals surface area contributed by atoms with Gasteiger partial charge < -0.3 is 10.1 Å². The van der Waals surface area contributed by atoms with Gasteiger partial charge in [-0.2, -0.15) is 0 Å². The normalized spacial score (nSPS) is 22.7. The third-order valence-electron chi connectivity index (χ3n) is 7.44. The molecule has 0 bridgehead atoms. The van der Waals surface area contributed by atoms with Crippen molar-refractivity contribution in [3.8, 4) is 0 Å². The topological polar surface area (TPSA) is 75.7 Å². The van der Waals surface area contributed by atoms with Gasteiger partial charge in [-0.15, -0.1) is 0 Å². The third-order valence-corrected chi connectivity index (χ3v) is 7.91. The minimum atomic E-state index is -1.36. The number of anilines is 1. The van der Waals surface area contributed by atoms with E-state index in [4.69, 9.17) is 27.9 Å². The third kappa shape index (κ3) is 3.90. The number of hydrogen-bond donors (Lipinski definition) is 1. The number of ether oxygens (including phenoxy) is 1. The minimum absolute atomic E-state index is 0.0340. The average Bonchev–Trinajstić information content (AvgIpc) is 3.09. The lowest BCUT2D eigenvalue weighted by Crippen LogP contribution is -2.59. The molecule has 0 saturated carbocycles. The Morgan fingerprint density at radius 2 is 1.70 bits per heavy atom. The predicted octanol–water partition coefficient (Wildman–Crippen LogP) is 6.40. The standard InChI is InChI=1S/C29H26Cl2N2O4/c1-4-37-28(36)33-23-14-20(31)11-12-21(23)29(27(33)35)22(18-9-6-10-19(30)13-18)15-24(34)32-26(29)25-16(2)7-5-8-17(25)3/h5-14,22,26H,4,15H2,1-3H3,(H,32,34)/t22-,26?,29?/m0/s1. The Morgan fingerprint density at radius 3 is 2.38 bits per heavy atom. The van der Waals surface area contributed by atoms with Crippen LogP contribution in [-0.4, -0.2) is 24.5 Å². The maximum atomic E-state index is 14.7. The molecule has 3 aromatic carbocycles. The van der Waals surface area contributed by atoms with Crippen molar-refractivity contribution >= 4 is 46.8 Å². The summed E-state index contributed by atoms with van der Waals surface area (Å²) in [5.74, 6) is -1.28. The number of aryl methyl sites for hydroxylation is 2. The van der Waals surface area contributed by atoms with Gasteiger partial charge in [-0.3, -0.25) is 9.59 Å². The summed E-state index contributed by atoms with van der Waals surface area (Å²) >= 11 is 12.8. The van der Waals surface area contributed by atoms with E-state index in [-0.39, 0.29) is 18.9 Å². The van der Waals surface area contributed by atoms with Crippen molar-refractivity contribution in [2.45, 2.75) is 44.6 Å². The Labute approximate surface area is 225 Å². The smallest absolute Gasteiger partial charge is 0.421 e. The minimum Gasteiger partial charge on any atom is -0.449 e. The summed E-state index contributed by atoms with van der Waals surface area (Å²) in [7, 11) is 0. The van der Waals surface area contributed by atoms with Crippen LogP contribution in [-0.2, 0) is 19.7 Å². The predicted molar refractivity (Wildman–Crippen MR) is 143 cm³/mol. The van der Waals surface area contributed by atoms with Crippen molar-refractivity contribution in [1.82, 2.24) is 5.32 Å². The number of rotatable bonds is 3. The number of halogens is 2. The van der Waals surface area contributed by atoms with Gasteiger partial charge in [0.25, 0.3) is 0 Å². The van der Waals surface area contributed by atoms with E-state index in [1.807, 2.05) is 38.1 Å². The summed E-state index contributed by atoms with van der Waals surface area (Å²) in [5.41, 5.74) is 3.02. The van der Waals surface area contributed by atoms with Crippen molar-refractivity contribution in [3.05, 3.63) is 98.5 Å². The van der Waals surface area contributed by atoms with Crippen LogP contribution in [0.3, 0.4) is 0 Å². The van der Waals surface area contributed by atoms with Gasteiger partial charge in [0.2, 0.25) is 11.8 Å². The molecule has 2 heterocycles. The van der Waals surface area contributed by atoms with Crippen LogP contribution in [0.15, 0.2) is 60.7 Å². The van der Waals surface area contributed by atoms with Crippen LogP contribution in [0.4, 0.5) is 10.5 Å². The Morgan fingerprint density at radius 1 is 1.03 bits per heavy atom. The van der Waals surface area contributed by atoms with Crippen LogP contribution >= 0.6 is 23.2 Å². The van der Waals surface area contributed by atoms with Crippen LogP contribution in [0.5, 0.6) is 0 Å². The zero-order valence-corrected chi connectivity index (χ0v) is 22.2. The molecule has 0 aromatic heterocycles. The maximum Gasteiger partial charge on any atom is 0.421 e. The lowest BCUT2D eigenvalue weighted by Gasteiger charge is -2.47. The molecule has 1 spiro atoms. The van der Waals surface area contributed by atoms with Crippen LogP contribution in [0.1, 0.15) is 53.1 Å². The molecule has 1 saturated heterocycles.